The summed E-state index contributed by atoms with van der Waals surface area (Å²) in [5.74, 6) is 0.828. The zero-order valence-electron chi connectivity index (χ0n) is 6.87. The second-order valence-electron chi connectivity index (χ2n) is 2.28. The summed E-state index contributed by atoms with van der Waals surface area (Å²) in [5.41, 5.74) is 0. The molecule has 0 spiro atoms. The Hall–Kier alpha value is -0.700. The summed E-state index contributed by atoms with van der Waals surface area (Å²) in [4.78, 5) is 3.74. The lowest BCUT2D eigenvalue weighted by Crippen LogP contribution is -2.00. The van der Waals surface area contributed by atoms with E-state index in [-0.39, 0.29) is 0 Å². The van der Waals surface area contributed by atoms with Gasteiger partial charge in [0.05, 0.1) is 11.7 Å². The molecule has 13 heavy (non-hydrogen) atoms. The first-order chi connectivity index (χ1) is 6.33. The maximum Gasteiger partial charge on any atom is 0.120 e. The summed E-state index contributed by atoms with van der Waals surface area (Å²) < 4.78 is 6.38. The second kappa shape index (κ2) is 5.86. The minimum atomic E-state index is 0.528. The van der Waals surface area contributed by atoms with Gasteiger partial charge in [0, 0.05) is 4.47 Å². The number of isothiocyanates is 1. The molecular weight excluding hydrogens is 250 g/mol. The molecule has 0 amide bonds. The van der Waals surface area contributed by atoms with Crippen LogP contribution in [0, 0.1) is 0 Å². The van der Waals surface area contributed by atoms with Crippen molar-refractivity contribution in [2.24, 2.45) is 4.99 Å². The molecule has 0 saturated heterocycles. The molecule has 0 fully saturated rings. The van der Waals surface area contributed by atoms with E-state index in [0.717, 1.165) is 10.2 Å². The fourth-order valence-electron chi connectivity index (χ4n) is 0.812. The van der Waals surface area contributed by atoms with Gasteiger partial charge >= 0.3 is 0 Å². The molecule has 0 saturated carbocycles. The van der Waals surface area contributed by atoms with Gasteiger partial charge in [0.15, 0.2) is 0 Å². The van der Waals surface area contributed by atoms with Gasteiger partial charge in [0.2, 0.25) is 0 Å². The van der Waals surface area contributed by atoms with Crippen LogP contribution in [0.5, 0.6) is 5.75 Å². The molecule has 0 unspecified atom stereocenters. The molecule has 0 aliphatic rings. The van der Waals surface area contributed by atoms with E-state index in [1.165, 1.54) is 0 Å². The average Bonchev–Trinajstić information content (AvgIpc) is 2.13. The minimum absolute atomic E-state index is 0.528. The summed E-state index contributed by atoms with van der Waals surface area (Å²) in [5, 5.41) is 2.28. The SMILES string of the molecule is S=C=NCCOc1cccc(Br)c1. The van der Waals surface area contributed by atoms with Crippen molar-refractivity contribution in [3.63, 3.8) is 0 Å². The highest BCUT2D eigenvalue weighted by atomic mass is 79.9. The Kier molecular flexibility index (Phi) is 4.68. The molecule has 0 radical (unpaired) electrons. The van der Waals surface area contributed by atoms with Crippen molar-refractivity contribution < 1.29 is 4.74 Å². The standard InChI is InChI=1S/C9H8BrNOS/c10-8-2-1-3-9(6-8)12-5-4-11-7-13/h1-3,6H,4-5H2. The molecule has 0 heterocycles. The quantitative estimate of drug-likeness (QED) is 0.470. The van der Waals surface area contributed by atoms with Crippen molar-refractivity contribution in [1.82, 2.24) is 0 Å². The molecule has 0 N–H and O–H groups in total. The Morgan fingerprint density at radius 1 is 1.54 bits per heavy atom. The summed E-state index contributed by atoms with van der Waals surface area (Å²) in [6, 6.07) is 7.66. The van der Waals surface area contributed by atoms with Gasteiger partial charge in [-0.3, -0.25) is 0 Å². The fraction of sp³-hybridized carbons (Fsp3) is 0.222. The number of aliphatic imine (C=N–C) groups is 1. The van der Waals surface area contributed by atoms with E-state index in [0.29, 0.717) is 13.2 Å². The van der Waals surface area contributed by atoms with Crippen molar-refractivity contribution in [2.45, 2.75) is 0 Å². The maximum atomic E-state index is 5.38. The normalized spacial score (nSPS) is 9.00. The van der Waals surface area contributed by atoms with Crippen molar-refractivity contribution in [1.29, 1.82) is 0 Å². The smallest absolute Gasteiger partial charge is 0.120 e. The zero-order chi connectivity index (χ0) is 9.52. The lowest BCUT2D eigenvalue weighted by molar-refractivity contribution is 0.329. The monoisotopic (exact) mass is 257 g/mol. The van der Waals surface area contributed by atoms with Crippen LogP contribution in [0.4, 0.5) is 0 Å². The van der Waals surface area contributed by atoms with E-state index in [2.05, 4.69) is 38.3 Å². The first-order valence-electron chi connectivity index (χ1n) is 3.75. The topological polar surface area (TPSA) is 21.6 Å². The van der Waals surface area contributed by atoms with Crippen LogP contribution in [0.3, 0.4) is 0 Å². The predicted octanol–water partition coefficient (Wildman–Crippen LogP) is 2.93. The van der Waals surface area contributed by atoms with Crippen LogP contribution in [0.15, 0.2) is 33.7 Å². The molecule has 0 bridgehead atoms. The van der Waals surface area contributed by atoms with Gasteiger partial charge in [-0.05, 0) is 30.4 Å². The van der Waals surface area contributed by atoms with Gasteiger partial charge in [-0.2, -0.15) is 0 Å². The Balaban J connectivity index is 2.40. The molecule has 0 aromatic heterocycles. The number of nitrogens with zero attached hydrogens (tertiary/aromatic N) is 1. The summed E-state index contributed by atoms with van der Waals surface area (Å²) in [7, 11) is 0. The first kappa shape index (κ1) is 10.4. The Labute approximate surface area is 90.8 Å². The molecule has 1 aromatic rings. The molecule has 4 heteroatoms. The van der Waals surface area contributed by atoms with E-state index in [1.807, 2.05) is 24.3 Å². The van der Waals surface area contributed by atoms with Gasteiger partial charge in [0.25, 0.3) is 0 Å². The third-order valence-electron chi connectivity index (χ3n) is 1.33. The molecule has 0 aliphatic heterocycles. The van der Waals surface area contributed by atoms with E-state index in [1.54, 1.807) is 0 Å². The van der Waals surface area contributed by atoms with E-state index >= 15 is 0 Å². The average molecular weight is 258 g/mol. The maximum absolute atomic E-state index is 5.38. The van der Waals surface area contributed by atoms with Crippen LogP contribution in [-0.4, -0.2) is 18.3 Å². The number of thiocarbonyl (C=S) groups is 1. The molecule has 1 rings (SSSR count). The van der Waals surface area contributed by atoms with Crippen LogP contribution in [0.25, 0.3) is 0 Å². The number of rotatable bonds is 4. The summed E-state index contributed by atoms with van der Waals surface area (Å²) in [6.45, 7) is 1.08. The number of hydrogen-bond acceptors (Lipinski definition) is 3. The molecule has 2 nitrogen and oxygen atoms in total. The van der Waals surface area contributed by atoms with Crippen LogP contribution in [0.2, 0.25) is 0 Å². The van der Waals surface area contributed by atoms with E-state index in [4.69, 9.17) is 4.74 Å². The van der Waals surface area contributed by atoms with Crippen molar-refractivity contribution in [3.05, 3.63) is 28.7 Å². The Morgan fingerprint density at radius 2 is 2.38 bits per heavy atom. The summed E-state index contributed by atoms with van der Waals surface area (Å²) >= 11 is 7.78. The molecular formula is C9H8BrNOS. The first-order valence-corrected chi connectivity index (χ1v) is 4.95. The van der Waals surface area contributed by atoms with Crippen molar-refractivity contribution >= 4 is 33.3 Å². The highest BCUT2D eigenvalue weighted by Crippen LogP contribution is 2.17. The Morgan fingerprint density at radius 3 is 3.08 bits per heavy atom. The number of halogens is 1. The van der Waals surface area contributed by atoms with Gasteiger partial charge in [-0.25, -0.2) is 4.99 Å². The van der Waals surface area contributed by atoms with Gasteiger partial charge in [-0.1, -0.05) is 22.0 Å². The molecule has 0 aliphatic carbocycles. The van der Waals surface area contributed by atoms with E-state index < -0.39 is 0 Å². The summed E-state index contributed by atoms with van der Waals surface area (Å²) in [6.07, 6.45) is 0. The number of hydrogen-bond donors (Lipinski definition) is 0. The molecule has 0 atom stereocenters. The molecule has 1 aromatic carbocycles. The van der Waals surface area contributed by atoms with Crippen LogP contribution in [0.1, 0.15) is 0 Å². The number of benzene rings is 1. The van der Waals surface area contributed by atoms with Gasteiger partial charge < -0.3 is 4.74 Å². The van der Waals surface area contributed by atoms with Crippen LogP contribution < -0.4 is 4.74 Å². The Bertz CT molecular complexity index is 323. The van der Waals surface area contributed by atoms with Crippen molar-refractivity contribution in [3.8, 4) is 5.75 Å². The van der Waals surface area contributed by atoms with Crippen LogP contribution in [-0.2, 0) is 0 Å². The van der Waals surface area contributed by atoms with Gasteiger partial charge in [0.1, 0.15) is 12.4 Å². The fourth-order valence-corrected chi connectivity index (χ4v) is 1.28. The lowest BCUT2D eigenvalue weighted by atomic mass is 10.3. The van der Waals surface area contributed by atoms with Crippen LogP contribution >= 0.6 is 28.1 Å². The molecule has 68 valence electrons. The predicted molar refractivity (Wildman–Crippen MR) is 59.5 cm³/mol. The zero-order valence-corrected chi connectivity index (χ0v) is 9.27. The highest BCUT2D eigenvalue weighted by molar-refractivity contribution is 9.10. The minimum Gasteiger partial charge on any atom is -0.492 e. The largest absolute Gasteiger partial charge is 0.492 e. The van der Waals surface area contributed by atoms with E-state index in [9.17, 15) is 0 Å². The number of ether oxygens (including phenoxy) is 1. The lowest BCUT2D eigenvalue weighted by Gasteiger charge is -2.03. The van der Waals surface area contributed by atoms with Crippen molar-refractivity contribution in [2.75, 3.05) is 13.2 Å². The third kappa shape index (κ3) is 4.18. The second-order valence-corrected chi connectivity index (χ2v) is 3.38. The van der Waals surface area contributed by atoms with Gasteiger partial charge in [-0.15, -0.1) is 0 Å². The highest BCUT2D eigenvalue weighted by Gasteiger charge is 1.92. The third-order valence-corrected chi connectivity index (χ3v) is 1.95.